The van der Waals surface area contributed by atoms with Crippen LogP contribution in [0.1, 0.15) is 40.6 Å². The average Bonchev–Trinajstić information content (AvgIpc) is 3.36. The van der Waals surface area contributed by atoms with E-state index in [1.54, 1.807) is 6.20 Å². The van der Waals surface area contributed by atoms with E-state index >= 15 is 0 Å². The number of hydrogen-bond donors (Lipinski definition) is 1. The zero-order valence-corrected chi connectivity index (χ0v) is 16.7. The zero-order valence-electron chi connectivity index (χ0n) is 16.7. The number of benzene rings is 1. The van der Waals surface area contributed by atoms with Crippen LogP contribution in [-0.4, -0.2) is 54.9 Å². The van der Waals surface area contributed by atoms with Crippen molar-refractivity contribution >= 4 is 16.9 Å². The van der Waals surface area contributed by atoms with Crippen LogP contribution in [0.15, 0.2) is 36.7 Å². The van der Waals surface area contributed by atoms with Crippen molar-refractivity contribution in [2.45, 2.75) is 38.8 Å². The minimum atomic E-state index is -0.423. The minimum absolute atomic E-state index is 0.0107. The first kappa shape index (κ1) is 18.2. The fourth-order valence-corrected chi connectivity index (χ4v) is 4.88. The SMILES string of the molecule is Cc1nc2ccc(C(=O)N3C[C@H]4C[C@@H](n5cccn5)[C@H](O)C[C@H]4C3)cc2nc1C. The summed E-state index contributed by atoms with van der Waals surface area (Å²) in [5.74, 6) is 0.763. The van der Waals surface area contributed by atoms with Crippen molar-refractivity contribution in [2.24, 2.45) is 11.8 Å². The highest BCUT2D eigenvalue weighted by molar-refractivity contribution is 5.97. The lowest BCUT2D eigenvalue weighted by Gasteiger charge is -2.35. The number of rotatable bonds is 2. The molecule has 1 aromatic carbocycles. The molecule has 1 amide bonds. The van der Waals surface area contributed by atoms with E-state index in [1.165, 1.54) is 0 Å². The second-order valence-corrected chi connectivity index (χ2v) is 8.42. The molecule has 0 unspecified atom stereocenters. The van der Waals surface area contributed by atoms with Crippen molar-refractivity contribution in [1.29, 1.82) is 0 Å². The van der Waals surface area contributed by atoms with Gasteiger partial charge in [0.15, 0.2) is 0 Å². The molecule has 0 radical (unpaired) electrons. The van der Waals surface area contributed by atoms with Crippen LogP contribution in [0.2, 0.25) is 0 Å². The Morgan fingerprint density at radius 3 is 2.52 bits per heavy atom. The molecule has 3 heterocycles. The van der Waals surface area contributed by atoms with Gasteiger partial charge in [-0.05, 0) is 62.8 Å². The number of likely N-dealkylation sites (tertiary alicyclic amines) is 1. The highest BCUT2D eigenvalue weighted by Gasteiger charge is 2.43. The highest BCUT2D eigenvalue weighted by atomic mass is 16.3. The monoisotopic (exact) mass is 391 g/mol. The van der Waals surface area contributed by atoms with E-state index in [9.17, 15) is 9.90 Å². The molecule has 4 atom stereocenters. The van der Waals surface area contributed by atoms with E-state index in [4.69, 9.17) is 0 Å². The van der Waals surface area contributed by atoms with Crippen LogP contribution in [0.25, 0.3) is 11.0 Å². The number of carbonyl (C=O) groups excluding carboxylic acids is 1. The van der Waals surface area contributed by atoms with E-state index in [0.29, 0.717) is 30.4 Å². The first-order valence-electron chi connectivity index (χ1n) is 10.2. The molecular formula is C22H25N5O2. The maximum atomic E-state index is 13.2. The number of fused-ring (bicyclic) bond motifs is 2. The zero-order chi connectivity index (χ0) is 20.1. The summed E-state index contributed by atoms with van der Waals surface area (Å²) in [4.78, 5) is 24.2. The molecular weight excluding hydrogens is 366 g/mol. The van der Waals surface area contributed by atoms with E-state index in [-0.39, 0.29) is 11.9 Å². The van der Waals surface area contributed by atoms with Gasteiger partial charge >= 0.3 is 0 Å². The van der Waals surface area contributed by atoms with Crippen LogP contribution in [0.5, 0.6) is 0 Å². The Hall–Kier alpha value is -2.80. The molecule has 29 heavy (non-hydrogen) atoms. The molecule has 5 rings (SSSR count). The second-order valence-electron chi connectivity index (χ2n) is 8.42. The summed E-state index contributed by atoms with van der Waals surface area (Å²) in [5.41, 5.74) is 4.01. The molecule has 1 aliphatic heterocycles. The van der Waals surface area contributed by atoms with Crippen LogP contribution in [0.4, 0.5) is 0 Å². The minimum Gasteiger partial charge on any atom is -0.391 e. The van der Waals surface area contributed by atoms with Crippen LogP contribution >= 0.6 is 0 Å². The third-order valence-electron chi connectivity index (χ3n) is 6.58. The third kappa shape index (κ3) is 3.19. The Morgan fingerprint density at radius 1 is 1.07 bits per heavy atom. The number of aryl methyl sites for hydroxylation is 2. The van der Waals surface area contributed by atoms with Crippen LogP contribution in [-0.2, 0) is 0 Å². The summed E-state index contributed by atoms with van der Waals surface area (Å²) < 4.78 is 1.86. The second kappa shape index (κ2) is 6.91. The Bertz CT molecular complexity index is 1060. The fraction of sp³-hybridized carbons (Fsp3) is 0.455. The number of carbonyl (C=O) groups is 1. The topological polar surface area (TPSA) is 84.1 Å². The number of aliphatic hydroxyl groups excluding tert-OH is 1. The molecule has 0 bridgehead atoms. The van der Waals surface area contributed by atoms with Crippen LogP contribution in [0, 0.1) is 25.7 Å². The van der Waals surface area contributed by atoms with Gasteiger partial charge in [-0.15, -0.1) is 0 Å². The summed E-state index contributed by atoms with van der Waals surface area (Å²) in [7, 11) is 0. The molecule has 150 valence electrons. The molecule has 2 fully saturated rings. The van der Waals surface area contributed by atoms with Gasteiger partial charge < -0.3 is 10.0 Å². The highest BCUT2D eigenvalue weighted by Crippen LogP contribution is 2.41. The van der Waals surface area contributed by atoms with Crippen molar-refractivity contribution in [3.63, 3.8) is 0 Å². The molecule has 0 spiro atoms. The average molecular weight is 391 g/mol. The third-order valence-corrected chi connectivity index (χ3v) is 6.58. The maximum absolute atomic E-state index is 13.2. The lowest BCUT2D eigenvalue weighted by molar-refractivity contribution is 0.0306. The number of aromatic nitrogens is 4. The van der Waals surface area contributed by atoms with Crippen molar-refractivity contribution in [3.8, 4) is 0 Å². The molecule has 1 aliphatic carbocycles. The van der Waals surface area contributed by atoms with E-state index in [0.717, 1.165) is 35.4 Å². The van der Waals surface area contributed by atoms with E-state index in [2.05, 4.69) is 15.1 Å². The Balaban J connectivity index is 1.35. The quantitative estimate of drug-likeness (QED) is 0.726. The van der Waals surface area contributed by atoms with Gasteiger partial charge in [-0.25, -0.2) is 9.97 Å². The van der Waals surface area contributed by atoms with Gasteiger partial charge in [0.1, 0.15) is 0 Å². The predicted octanol–water partition coefficient (Wildman–Crippen LogP) is 2.53. The largest absolute Gasteiger partial charge is 0.391 e. The van der Waals surface area contributed by atoms with Crippen molar-refractivity contribution in [1.82, 2.24) is 24.6 Å². The smallest absolute Gasteiger partial charge is 0.253 e. The van der Waals surface area contributed by atoms with Gasteiger partial charge in [-0.1, -0.05) is 0 Å². The molecule has 7 heteroatoms. The van der Waals surface area contributed by atoms with Gasteiger partial charge in [-0.3, -0.25) is 9.48 Å². The Morgan fingerprint density at radius 2 is 1.79 bits per heavy atom. The van der Waals surface area contributed by atoms with Gasteiger partial charge in [0, 0.05) is 31.0 Å². The standard InChI is InChI=1S/C22H25N5O2/c1-13-14(2)25-19-8-15(4-5-18(19)24-13)22(29)26-11-16-9-20(27-7-3-6-23-27)21(28)10-17(16)12-26/h3-8,16-17,20-21,28H,9-12H2,1-2H3/t16-,17+,20-,21-/m1/s1. The molecule has 2 aliphatic rings. The van der Waals surface area contributed by atoms with Crippen molar-refractivity contribution in [3.05, 3.63) is 53.6 Å². The van der Waals surface area contributed by atoms with Crippen molar-refractivity contribution < 1.29 is 9.90 Å². The van der Waals surface area contributed by atoms with Gasteiger partial charge in [0.25, 0.3) is 5.91 Å². The Kier molecular flexibility index (Phi) is 4.35. The summed E-state index contributed by atoms with van der Waals surface area (Å²) in [5, 5.41) is 14.9. The van der Waals surface area contributed by atoms with Gasteiger partial charge in [0.2, 0.25) is 0 Å². The Labute approximate surface area is 169 Å². The summed E-state index contributed by atoms with van der Waals surface area (Å²) in [6.45, 7) is 5.30. The van der Waals surface area contributed by atoms with Crippen LogP contribution in [0.3, 0.4) is 0 Å². The predicted molar refractivity (Wildman–Crippen MR) is 108 cm³/mol. The van der Waals surface area contributed by atoms with Crippen LogP contribution < -0.4 is 0 Å². The first-order chi connectivity index (χ1) is 14.0. The lowest BCUT2D eigenvalue weighted by Crippen LogP contribution is -2.36. The van der Waals surface area contributed by atoms with Crippen molar-refractivity contribution in [2.75, 3.05) is 13.1 Å². The number of amides is 1. The molecule has 7 nitrogen and oxygen atoms in total. The van der Waals surface area contributed by atoms with E-state index in [1.807, 2.05) is 53.9 Å². The normalized spacial score (nSPS) is 26.7. The molecule has 3 aromatic rings. The number of nitrogens with zero attached hydrogens (tertiary/aromatic N) is 5. The molecule has 1 N–H and O–H groups in total. The summed E-state index contributed by atoms with van der Waals surface area (Å²) >= 11 is 0. The maximum Gasteiger partial charge on any atom is 0.253 e. The molecule has 2 aromatic heterocycles. The van der Waals surface area contributed by atoms with E-state index < -0.39 is 6.10 Å². The number of hydrogen-bond acceptors (Lipinski definition) is 5. The van der Waals surface area contributed by atoms with Gasteiger partial charge in [0.05, 0.1) is 34.6 Å². The van der Waals surface area contributed by atoms with Gasteiger partial charge in [-0.2, -0.15) is 5.10 Å². The molecule has 1 saturated carbocycles. The number of aliphatic hydroxyl groups is 1. The summed E-state index contributed by atoms with van der Waals surface area (Å²) in [6.07, 6.45) is 4.79. The molecule has 1 saturated heterocycles. The first-order valence-corrected chi connectivity index (χ1v) is 10.2. The lowest BCUT2D eigenvalue weighted by atomic mass is 9.77. The fourth-order valence-electron chi connectivity index (χ4n) is 4.88. The summed E-state index contributed by atoms with van der Waals surface area (Å²) in [6, 6.07) is 7.44.